The van der Waals surface area contributed by atoms with Gasteiger partial charge in [0.1, 0.15) is 5.66 Å². The van der Waals surface area contributed by atoms with Crippen molar-refractivity contribution in [2.45, 2.75) is 39.3 Å². The third-order valence-corrected chi connectivity index (χ3v) is 6.41. The number of carbonyl (C=O) groups excluding carboxylic acids is 2. The van der Waals surface area contributed by atoms with Crippen LogP contribution in [0.2, 0.25) is 5.02 Å². The Hall–Kier alpha value is -2.73. The topological polar surface area (TPSA) is 64.7 Å². The van der Waals surface area contributed by atoms with Crippen LogP contribution in [0.5, 0.6) is 0 Å². The number of rotatable bonds is 2. The van der Waals surface area contributed by atoms with Crippen LogP contribution >= 0.6 is 11.6 Å². The highest BCUT2D eigenvalue weighted by Gasteiger charge is 2.45. The lowest BCUT2D eigenvalue weighted by atomic mass is 9.90. The Morgan fingerprint density at radius 1 is 1.17 bits per heavy atom. The molecule has 0 radical (unpaired) electrons. The van der Waals surface area contributed by atoms with Gasteiger partial charge in [0.25, 0.3) is 5.91 Å². The van der Waals surface area contributed by atoms with Gasteiger partial charge in [-0.3, -0.25) is 4.79 Å². The summed E-state index contributed by atoms with van der Waals surface area (Å²) in [6.45, 7) is 7.96. The molecule has 2 aliphatic rings. The molecule has 3 amide bonds. The average Bonchev–Trinajstić information content (AvgIpc) is 2.70. The van der Waals surface area contributed by atoms with Gasteiger partial charge in [0.2, 0.25) is 0 Å². The molecule has 1 saturated heterocycles. The zero-order valence-corrected chi connectivity index (χ0v) is 18.3. The molecule has 158 valence electrons. The molecule has 4 rings (SSSR count). The van der Waals surface area contributed by atoms with Crippen LogP contribution in [0.4, 0.5) is 16.2 Å². The van der Waals surface area contributed by atoms with E-state index in [-0.39, 0.29) is 11.9 Å². The Bertz CT molecular complexity index is 999. The second-order valence-electron chi connectivity index (χ2n) is 8.13. The van der Waals surface area contributed by atoms with Gasteiger partial charge in [-0.15, -0.1) is 0 Å². The number of nitrogens with zero attached hydrogens (tertiary/aromatic N) is 2. The highest BCUT2D eigenvalue weighted by molar-refractivity contribution is 6.31. The zero-order valence-electron chi connectivity index (χ0n) is 17.6. The highest BCUT2D eigenvalue weighted by atomic mass is 35.5. The van der Waals surface area contributed by atoms with E-state index < -0.39 is 5.66 Å². The van der Waals surface area contributed by atoms with Crippen molar-refractivity contribution in [1.29, 1.82) is 0 Å². The predicted molar refractivity (Wildman–Crippen MR) is 120 cm³/mol. The number of carbonyl (C=O) groups is 2. The number of hydrogen-bond acceptors (Lipinski definition) is 3. The summed E-state index contributed by atoms with van der Waals surface area (Å²) >= 11 is 6.22. The van der Waals surface area contributed by atoms with E-state index in [1.807, 2.05) is 36.9 Å². The van der Waals surface area contributed by atoms with Gasteiger partial charge in [-0.2, -0.15) is 0 Å². The van der Waals surface area contributed by atoms with Crippen molar-refractivity contribution in [3.05, 3.63) is 58.1 Å². The van der Waals surface area contributed by atoms with Gasteiger partial charge in [-0.1, -0.05) is 29.3 Å². The summed E-state index contributed by atoms with van der Waals surface area (Å²) in [4.78, 5) is 29.6. The van der Waals surface area contributed by atoms with E-state index in [4.69, 9.17) is 11.6 Å². The molecule has 2 aliphatic heterocycles. The summed E-state index contributed by atoms with van der Waals surface area (Å²) in [5.74, 6) is -0.0838. The molecule has 30 heavy (non-hydrogen) atoms. The molecule has 2 N–H and O–H groups in total. The van der Waals surface area contributed by atoms with Crippen LogP contribution in [-0.4, -0.2) is 42.1 Å². The van der Waals surface area contributed by atoms with E-state index in [9.17, 15) is 9.59 Å². The van der Waals surface area contributed by atoms with Crippen molar-refractivity contribution in [2.24, 2.45) is 0 Å². The lowest BCUT2D eigenvalue weighted by Crippen LogP contribution is -2.68. The van der Waals surface area contributed by atoms with Gasteiger partial charge in [0.15, 0.2) is 0 Å². The van der Waals surface area contributed by atoms with Gasteiger partial charge in [-0.25, -0.2) is 4.79 Å². The molecular formula is C23H27ClN4O2. The van der Waals surface area contributed by atoms with E-state index in [0.717, 1.165) is 23.5 Å². The van der Waals surface area contributed by atoms with Crippen LogP contribution in [0, 0.1) is 13.8 Å². The number of benzene rings is 2. The molecule has 0 unspecified atom stereocenters. The van der Waals surface area contributed by atoms with E-state index >= 15 is 0 Å². The molecule has 0 aromatic heterocycles. The minimum Gasteiger partial charge on any atom is -0.348 e. The second kappa shape index (κ2) is 7.84. The van der Waals surface area contributed by atoms with Crippen LogP contribution in [0.1, 0.15) is 41.3 Å². The standard InChI is InChI=1S/C23H27ClN4O2/c1-4-28-20-14-17(24)6-7-18(20)21(29)26-23(28)9-11-27(12-10-23)22(30)25-19-8-5-15(2)13-16(19)3/h5-8,13-14H,4,9-12H2,1-3H3,(H,25,30)(H,26,29). The normalized spacial score (nSPS) is 17.5. The number of amides is 3. The Morgan fingerprint density at radius 2 is 1.90 bits per heavy atom. The SMILES string of the molecule is CCN1c2cc(Cl)ccc2C(=O)NC12CCN(C(=O)Nc1ccc(C)cc1C)CC2. The molecule has 0 saturated carbocycles. The van der Waals surface area contributed by atoms with Crippen LogP contribution < -0.4 is 15.5 Å². The monoisotopic (exact) mass is 426 g/mol. The molecule has 0 atom stereocenters. The van der Waals surface area contributed by atoms with Gasteiger partial charge >= 0.3 is 6.03 Å². The highest BCUT2D eigenvalue weighted by Crippen LogP contribution is 2.38. The lowest BCUT2D eigenvalue weighted by Gasteiger charge is -2.52. The van der Waals surface area contributed by atoms with Crippen molar-refractivity contribution in [3.63, 3.8) is 0 Å². The molecule has 1 fully saturated rings. The Labute approximate surface area is 182 Å². The first-order chi connectivity index (χ1) is 14.3. The molecule has 1 spiro atoms. The van der Waals surface area contributed by atoms with Gasteiger partial charge in [0, 0.05) is 43.2 Å². The fraction of sp³-hybridized carbons (Fsp3) is 0.391. The Kier molecular flexibility index (Phi) is 5.36. The number of anilines is 2. The van der Waals surface area contributed by atoms with E-state index in [1.54, 1.807) is 12.1 Å². The third-order valence-electron chi connectivity index (χ3n) is 6.18. The zero-order chi connectivity index (χ0) is 21.5. The largest absolute Gasteiger partial charge is 0.348 e. The predicted octanol–water partition coefficient (Wildman–Crippen LogP) is 4.55. The molecular weight excluding hydrogens is 400 g/mol. The average molecular weight is 427 g/mol. The van der Waals surface area contributed by atoms with E-state index in [2.05, 4.69) is 28.5 Å². The first-order valence-electron chi connectivity index (χ1n) is 10.4. The minimum atomic E-state index is -0.500. The summed E-state index contributed by atoms with van der Waals surface area (Å²) in [7, 11) is 0. The van der Waals surface area contributed by atoms with Crippen molar-refractivity contribution >= 4 is 34.9 Å². The van der Waals surface area contributed by atoms with Crippen LogP contribution in [0.15, 0.2) is 36.4 Å². The van der Waals surface area contributed by atoms with Gasteiger partial charge < -0.3 is 20.4 Å². The van der Waals surface area contributed by atoms with Crippen LogP contribution in [0.25, 0.3) is 0 Å². The number of aryl methyl sites for hydroxylation is 2. The first kappa shape index (κ1) is 20.5. The van der Waals surface area contributed by atoms with Crippen molar-refractivity contribution < 1.29 is 9.59 Å². The minimum absolute atomic E-state index is 0.0838. The maximum absolute atomic E-state index is 12.8. The number of piperidine rings is 1. The summed E-state index contributed by atoms with van der Waals surface area (Å²) < 4.78 is 0. The van der Waals surface area contributed by atoms with Crippen LogP contribution in [0.3, 0.4) is 0 Å². The smallest absolute Gasteiger partial charge is 0.321 e. The van der Waals surface area contributed by atoms with Crippen LogP contribution in [-0.2, 0) is 0 Å². The first-order valence-corrected chi connectivity index (χ1v) is 10.7. The third kappa shape index (κ3) is 3.60. The van der Waals surface area contributed by atoms with Crippen molar-refractivity contribution in [1.82, 2.24) is 10.2 Å². The summed E-state index contributed by atoms with van der Waals surface area (Å²) in [6, 6.07) is 11.3. The lowest BCUT2D eigenvalue weighted by molar-refractivity contribution is 0.0808. The summed E-state index contributed by atoms with van der Waals surface area (Å²) in [5, 5.41) is 6.86. The summed E-state index contributed by atoms with van der Waals surface area (Å²) in [5.41, 5.74) is 4.04. The number of halogens is 1. The number of nitrogens with one attached hydrogen (secondary N) is 2. The molecule has 6 nitrogen and oxygen atoms in total. The molecule has 2 aromatic rings. The molecule has 0 aliphatic carbocycles. The maximum atomic E-state index is 12.8. The van der Waals surface area contributed by atoms with Gasteiger partial charge in [0.05, 0.1) is 11.3 Å². The number of fused-ring (bicyclic) bond motifs is 1. The maximum Gasteiger partial charge on any atom is 0.321 e. The van der Waals surface area contributed by atoms with E-state index in [0.29, 0.717) is 36.5 Å². The van der Waals surface area contributed by atoms with Crippen molar-refractivity contribution in [2.75, 3.05) is 29.9 Å². The second-order valence-corrected chi connectivity index (χ2v) is 8.56. The molecule has 2 heterocycles. The van der Waals surface area contributed by atoms with E-state index in [1.165, 1.54) is 5.56 Å². The fourth-order valence-corrected chi connectivity index (χ4v) is 4.76. The number of urea groups is 1. The fourth-order valence-electron chi connectivity index (χ4n) is 4.59. The Balaban J connectivity index is 1.50. The molecule has 0 bridgehead atoms. The number of hydrogen-bond donors (Lipinski definition) is 2. The van der Waals surface area contributed by atoms with Gasteiger partial charge in [-0.05, 0) is 50.6 Å². The quantitative estimate of drug-likeness (QED) is 0.740. The molecule has 7 heteroatoms. The Morgan fingerprint density at radius 3 is 2.57 bits per heavy atom. The molecule has 2 aromatic carbocycles. The van der Waals surface area contributed by atoms with Crippen molar-refractivity contribution in [3.8, 4) is 0 Å². The number of likely N-dealkylation sites (tertiary alicyclic amines) is 1. The summed E-state index contributed by atoms with van der Waals surface area (Å²) in [6.07, 6.45) is 1.30.